The lowest BCUT2D eigenvalue weighted by Crippen LogP contribution is -2.27. The predicted molar refractivity (Wildman–Crippen MR) is 113 cm³/mol. The van der Waals surface area contributed by atoms with Crippen molar-refractivity contribution in [1.82, 2.24) is 5.32 Å². The lowest BCUT2D eigenvalue weighted by atomic mass is 9.96. The molecule has 1 aromatic heterocycles. The first-order valence-electron chi connectivity index (χ1n) is 8.67. The summed E-state index contributed by atoms with van der Waals surface area (Å²) >= 11 is 1.19. The van der Waals surface area contributed by atoms with E-state index in [1.54, 1.807) is 37.3 Å². The van der Waals surface area contributed by atoms with E-state index >= 15 is 0 Å². The minimum absolute atomic E-state index is 0.0992. The number of carbonyl (C=O) groups is 3. The molecule has 1 heterocycles. The Balaban J connectivity index is 2.20. The Hall–Kier alpha value is -3.11. The summed E-state index contributed by atoms with van der Waals surface area (Å²) in [7, 11) is 0. The van der Waals surface area contributed by atoms with Crippen LogP contribution < -0.4 is 16.0 Å². The van der Waals surface area contributed by atoms with Crippen LogP contribution in [0.5, 0.6) is 0 Å². The van der Waals surface area contributed by atoms with Crippen LogP contribution in [0.4, 0.5) is 10.7 Å². The summed E-state index contributed by atoms with van der Waals surface area (Å²) < 4.78 is 0. The fraction of sp³-hybridized carbons (Fsp3) is 0.286. The third-order valence-electron chi connectivity index (χ3n) is 3.81. The molecule has 0 atom stereocenters. The highest BCUT2D eigenvalue weighted by molar-refractivity contribution is 7.18. The predicted octanol–water partition coefficient (Wildman–Crippen LogP) is 3.66. The van der Waals surface area contributed by atoms with Crippen LogP contribution in [0.1, 0.15) is 46.4 Å². The van der Waals surface area contributed by atoms with Crippen LogP contribution in [0, 0.1) is 24.7 Å². The molecule has 0 fully saturated rings. The van der Waals surface area contributed by atoms with E-state index in [9.17, 15) is 14.4 Å². The highest BCUT2D eigenvalue weighted by atomic mass is 32.1. The lowest BCUT2D eigenvalue weighted by molar-refractivity contribution is -0.123. The van der Waals surface area contributed by atoms with Crippen LogP contribution in [-0.2, 0) is 4.79 Å². The summed E-state index contributed by atoms with van der Waals surface area (Å²) in [5.41, 5.74) is 0.906. The minimum atomic E-state index is -0.537. The van der Waals surface area contributed by atoms with Crippen molar-refractivity contribution in [2.75, 3.05) is 17.2 Å². The van der Waals surface area contributed by atoms with Crippen molar-refractivity contribution < 1.29 is 14.4 Å². The zero-order valence-corrected chi connectivity index (χ0v) is 17.1. The van der Waals surface area contributed by atoms with Crippen molar-refractivity contribution >= 4 is 39.7 Å². The minimum Gasteiger partial charge on any atom is -0.341 e. The van der Waals surface area contributed by atoms with Crippen molar-refractivity contribution in [3.63, 3.8) is 0 Å². The molecule has 0 bridgehead atoms. The Labute approximate surface area is 168 Å². The Morgan fingerprint density at radius 3 is 2.43 bits per heavy atom. The van der Waals surface area contributed by atoms with Gasteiger partial charge in [0.15, 0.2) is 0 Å². The van der Waals surface area contributed by atoms with Gasteiger partial charge in [-0.3, -0.25) is 14.4 Å². The SMILES string of the molecule is C#CCNC(=O)c1ccccc1NC(=O)c1sc(NC(=O)C(C)(C)C)cc1C. The quantitative estimate of drug-likeness (QED) is 0.673. The van der Waals surface area contributed by atoms with Gasteiger partial charge >= 0.3 is 0 Å². The molecular formula is C21H23N3O3S. The number of aryl methyl sites for hydroxylation is 1. The van der Waals surface area contributed by atoms with Crippen molar-refractivity contribution in [3.8, 4) is 12.3 Å². The van der Waals surface area contributed by atoms with Gasteiger partial charge in [0, 0.05) is 5.41 Å². The molecule has 0 aliphatic heterocycles. The maximum atomic E-state index is 12.7. The van der Waals surface area contributed by atoms with Gasteiger partial charge < -0.3 is 16.0 Å². The summed E-state index contributed by atoms with van der Waals surface area (Å²) in [6.45, 7) is 7.35. The topological polar surface area (TPSA) is 87.3 Å². The number of benzene rings is 1. The third-order valence-corrected chi connectivity index (χ3v) is 4.96. The first kappa shape index (κ1) is 21.2. The molecule has 0 saturated heterocycles. The molecule has 3 N–H and O–H groups in total. The van der Waals surface area contributed by atoms with E-state index in [1.807, 2.05) is 20.8 Å². The number of anilines is 2. The number of hydrogen-bond donors (Lipinski definition) is 3. The summed E-state index contributed by atoms with van der Waals surface area (Å²) in [6.07, 6.45) is 5.17. The molecule has 3 amide bonds. The van der Waals surface area contributed by atoms with Gasteiger partial charge in [-0.1, -0.05) is 38.8 Å². The molecule has 0 saturated carbocycles. The average Bonchev–Trinajstić information content (AvgIpc) is 2.99. The molecule has 146 valence electrons. The molecule has 0 aliphatic carbocycles. The molecule has 6 nitrogen and oxygen atoms in total. The Morgan fingerprint density at radius 2 is 1.79 bits per heavy atom. The van der Waals surface area contributed by atoms with Gasteiger partial charge in [-0.05, 0) is 30.7 Å². The van der Waals surface area contributed by atoms with Crippen LogP contribution in [-0.4, -0.2) is 24.3 Å². The second-order valence-electron chi connectivity index (χ2n) is 7.21. The second kappa shape index (κ2) is 8.72. The number of para-hydroxylation sites is 1. The number of carbonyl (C=O) groups excluding carboxylic acids is 3. The van der Waals surface area contributed by atoms with Gasteiger partial charge in [0.05, 0.1) is 27.7 Å². The zero-order chi connectivity index (χ0) is 20.9. The molecule has 7 heteroatoms. The highest BCUT2D eigenvalue weighted by Gasteiger charge is 2.23. The van der Waals surface area contributed by atoms with E-state index in [4.69, 9.17) is 6.42 Å². The Kier molecular flexibility index (Phi) is 6.60. The fourth-order valence-corrected chi connectivity index (χ4v) is 3.23. The second-order valence-corrected chi connectivity index (χ2v) is 8.27. The molecule has 0 radical (unpaired) electrons. The molecule has 28 heavy (non-hydrogen) atoms. The first-order chi connectivity index (χ1) is 13.1. The van der Waals surface area contributed by atoms with Gasteiger partial charge in [0.25, 0.3) is 11.8 Å². The maximum absolute atomic E-state index is 12.7. The van der Waals surface area contributed by atoms with Crippen LogP contribution >= 0.6 is 11.3 Å². The van der Waals surface area contributed by atoms with Crippen LogP contribution in [0.15, 0.2) is 30.3 Å². The monoisotopic (exact) mass is 397 g/mol. The summed E-state index contributed by atoms with van der Waals surface area (Å²) in [6, 6.07) is 8.45. The van der Waals surface area contributed by atoms with Gasteiger partial charge in [-0.25, -0.2) is 0 Å². The largest absolute Gasteiger partial charge is 0.341 e. The van der Waals surface area contributed by atoms with E-state index in [-0.39, 0.29) is 24.3 Å². The number of terminal acetylenes is 1. The van der Waals surface area contributed by atoms with Crippen LogP contribution in [0.3, 0.4) is 0 Å². The summed E-state index contributed by atoms with van der Waals surface area (Å²) in [5.74, 6) is 1.49. The van der Waals surface area contributed by atoms with Crippen molar-refractivity contribution in [1.29, 1.82) is 0 Å². The standard InChI is InChI=1S/C21H23N3O3S/c1-6-11-22-18(25)14-9-7-8-10-15(14)23-19(26)17-13(2)12-16(28-17)24-20(27)21(3,4)5/h1,7-10,12H,11H2,2-5H3,(H,22,25)(H,23,26)(H,24,27). The van der Waals surface area contributed by atoms with Gasteiger partial charge in [0.1, 0.15) is 0 Å². The highest BCUT2D eigenvalue weighted by Crippen LogP contribution is 2.29. The normalized spacial score (nSPS) is 10.7. The number of thiophene rings is 1. The summed E-state index contributed by atoms with van der Waals surface area (Å²) in [5, 5.41) is 8.78. The zero-order valence-electron chi connectivity index (χ0n) is 16.3. The van der Waals surface area contributed by atoms with Gasteiger partial charge in [-0.2, -0.15) is 0 Å². The Bertz CT molecular complexity index is 949. The average molecular weight is 398 g/mol. The van der Waals surface area contributed by atoms with E-state index in [2.05, 4.69) is 21.9 Å². The van der Waals surface area contributed by atoms with Gasteiger partial charge in [-0.15, -0.1) is 17.8 Å². The molecule has 2 rings (SSSR count). The smallest absolute Gasteiger partial charge is 0.266 e. The first-order valence-corrected chi connectivity index (χ1v) is 9.49. The molecular weight excluding hydrogens is 374 g/mol. The summed E-state index contributed by atoms with van der Waals surface area (Å²) in [4.78, 5) is 37.6. The van der Waals surface area contributed by atoms with Crippen molar-refractivity contribution in [3.05, 3.63) is 46.3 Å². The van der Waals surface area contributed by atoms with Crippen LogP contribution in [0.25, 0.3) is 0 Å². The molecule has 1 aromatic carbocycles. The fourth-order valence-electron chi connectivity index (χ4n) is 2.26. The van der Waals surface area contributed by atoms with Crippen molar-refractivity contribution in [2.24, 2.45) is 5.41 Å². The lowest BCUT2D eigenvalue weighted by Gasteiger charge is -2.16. The molecule has 2 aromatic rings. The number of amides is 3. The number of hydrogen-bond acceptors (Lipinski definition) is 4. The molecule has 0 spiro atoms. The third kappa shape index (κ3) is 5.21. The van der Waals surface area contributed by atoms with Gasteiger partial charge in [0.2, 0.25) is 5.91 Å². The maximum Gasteiger partial charge on any atom is 0.266 e. The molecule has 0 unspecified atom stereocenters. The van der Waals surface area contributed by atoms with Crippen molar-refractivity contribution in [2.45, 2.75) is 27.7 Å². The van der Waals surface area contributed by atoms with E-state index in [0.717, 1.165) is 5.56 Å². The molecule has 0 aliphatic rings. The van der Waals surface area contributed by atoms with Crippen LogP contribution in [0.2, 0.25) is 0 Å². The number of nitrogens with one attached hydrogen (secondary N) is 3. The van der Waals surface area contributed by atoms with E-state index in [0.29, 0.717) is 21.1 Å². The number of rotatable bonds is 5. The van der Waals surface area contributed by atoms with E-state index in [1.165, 1.54) is 11.3 Å². The van der Waals surface area contributed by atoms with E-state index < -0.39 is 5.41 Å². The Morgan fingerprint density at radius 1 is 1.11 bits per heavy atom.